The van der Waals surface area contributed by atoms with Gasteiger partial charge in [-0.15, -0.1) is 0 Å². The monoisotopic (exact) mass is 395 g/mol. The van der Waals surface area contributed by atoms with Crippen molar-refractivity contribution in [3.8, 4) is 5.75 Å². The minimum absolute atomic E-state index is 0.230. The van der Waals surface area contributed by atoms with Crippen LogP contribution in [0.4, 0.5) is 10.2 Å². The third-order valence-electron chi connectivity index (χ3n) is 6.24. The Labute approximate surface area is 170 Å². The van der Waals surface area contributed by atoms with Crippen LogP contribution in [-0.4, -0.2) is 59.4 Å². The van der Waals surface area contributed by atoms with Gasteiger partial charge in [0.05, 0.1) is 18.0 Å². The van der Waals surface area contributed by atoms with Crippen LogP contribution in [0, 0.1) is 5.82 Å². The van der Waals surface area contributed by atoms with Crippen molar-refractivity contribution in [1.82, 2.24) is 14.9 Å². The van der Waals surface area contributed by atoms with Crippen LogP contribution in [0.3, 0.4) is 0 Å². The van der Waals surface area contributed by atoms with Crippen LogP contribution in [0.1, 0.15) is 43.0 Å². The minimum Gasteiger partial charge on any atom is -0.484 e. The SMILES string of the molecule is CN(C)[C@H]1CCN(c2cc(C3=NCc4cc(F)c(OC5(C)CC5)cc43)ncn2)C1. The molecular formula is C22H26FN5O. The van der Waals surface area contributed by atoms with Gasteiger partial charge in [0.2, 0.25) is 0 Å². The standard InChI is InChI=1S/C22H26FN5O/c1-22(5-6-22)29-19-9-16-14(8-17(19)23)11-24-21(16)18-10-20(26-13-25-18)28-7-4-15(12-28)27(2)3/h8-10,13,15H,4-7,11-12H2,1-3H3/t15-/m0/s1. The van der Waals surface area contributed by atoms with Crippen LogP contribution in [0.2, 0.25) is 0 Å². The largest absolute Gasteiger partial charge is 0.484 e. The fourth-order valence-electron chi connectivity index (χ4n) is 4.06. The summed E-state index contributed by atoms with van der Waals surface area (Å²) >= 11 is 0. The number of aliphatic imine (C=N–C) groups is 1. The Balaban J connectivity index is 1.43. The highest BCUT2D eigenvalue weighted by Gasteiger charge is 2.41. The van der Waals surface area contributed by atoms with Crippen LogP contribution in [0.5, 0.6) is 5.75 Å². The summed E-state index contributed by atoms with van der Waals surface area (Å²) in [5.74, 6) is 0.907. The molecule has 0 bridgehead atoms. The second kappa shape index (κ2) is 6.76. The fraction of sp³-hybridized carbons (Fsp3) is 0.500. The van der Waals surface area contributed by atoms with Gasteiger partial charge in [0, 0.05) is 30.8 Å². The van der Waals surface area contributed by atoms with Crippen molar-refractivity contribution in [3.05, 3.63) is 47.2 Å². The van der Waals surface area contributed by atoms with Crippen molar-refractivity contribution < 1.29 is 9.13 Å². The molecule has 29 heavy (non-hydrogen) atoms. The number of ether oxygens (including phenoxy) is 1. The predicted molar refractivity (Wildman–Crippen MR) is 110 cm³/mol. The zero-order valence-corrected chi connectivity index (χ0v) is 17.2. The summed E-state index contributed by atoms with van der Waals surface area (Å²) in [7, 11) is 4.23. The van der Waals surface area contributed by atoms with Crippen LogP contribution in [-0.2, 0) is 6.54 Å². The number of hydrogen-bond donors (Lipinski definition) is 0. The summed E-state index contributed by atoms with van der Waals surface area (Å²) in [6.45, 7) is 4.41. The highest BCUT2D eigenvalue weighted by Crippen LogP contribution is 2.41. The number of anilines is 1. The first-order valence-corrected chi connectivity index (χ1v) is 10.2. The molecule has 2 fully saturated rings. The van der Waals surface area contributed by atoms with Gasteiger partial charge in [0.15, 0.2) is 11.6 Å². The lowest BCUT2D eigenvalue weighted by atomic mass is 10.0. The first-order valence-electron chi connectivity index (χ1n) is 10.2. The molecule has 0 amide bonds. The molecule has 1 saturated carbocycles. The van der Waals surface area contributed by atoms with E-state index in [9.17, 15) is 4.39 Å². The average molecular weight is 395 g/mol. The molecular weight excluding hydrogens is 369 g/mol. The van der Waals surface area contributed by atoms with Crippen molar-refractivity contribution >= 4 is 11.5 Å². The molecule has 7 heteroatoms. The molecule has 1 aromatic heterocycles. The lowest BCUT2D eigenvalue weighted by molar-refractivity contribution is 0.191. The van der Waals surface area contributed by atoms with E-state index in [1.807, 2.05) is 13.0 Å². The first kappa shape index (κ1) is 18.5. The number of halogens is 1. The molecule has 0 spiro atoms. The van der Waals surface area contributed by atoms with E-state index in [0.29, 0.717) is 18.3 Å². The maximum Gasteiger partial charge on any atom is 0.165 e. The van der Waals surface area contributed by atoms with Gasteiger partial charge in [-0.2, -0.15) is 0 Å². The number of nitrogens with zero attached hydrogens (tertiary/aromatic N) is 5. The summed E-state index contributed by atoms with van der Waals surface area (Å²) in [6, 6.07) is 5.87. The lowest BCUT2D eigenvalue weighted by Crippen LogP contribution is -2.31. The van der Waals surface area contributed by atoms with Gasteiger partial charge in [-0.25, -0.2) is 14.4 Å². The van der Waals surface area contributed by atoms with Crippen molar-refractivity contribution in [3.63, 3.8) is 0 Å². The fourth-order valence-corrected chi connectivity index (χ4v) is 4.06. The smallest absolute Gasteiger partial charge is 0.165 e. The normalized spacial score (nSPS) is 22.0. The van der Waals surface area contributed by atoms with Crippen molar-refractivity contribution in [1.29, 1.82) is 0 Å². The summed E-state index contributed by atoms with van der Waals surface area (Å²) < 4.78 is 20.4. The number of fused-ring (bicyclic) bond motifs is 1. The van der Waals surface area contributed by atoms with E-state index in [1.165, 1.54) is 0 Å². The minimum atomic E-state index is -0.316. The Bertz CT molecular complexity index is 985. The van der Waals surface area contributed by atoms with Gasteiger partial charge in [-0.05, 0) is 58.0 Å². The Morgan fingerprint density at radius 3 is 2.76 bits per heavy atom. The molecule has 152 valence electrons. The van der Waals surface area contributed by atoms with Crippen LogP contribution >= 0.6 is 0 Å². The van der Waals surface area contributed by atoms with Crippen molar-refractivity contribution in [2.75, 3.05) is 32.1 Å². The number of likely N-dealkylation sites (N-methyl/N-ethyl adjacent to an activating group) is 1. The molecule has 1 saturated heterocycles. The summed E-state index contributed by atoms with van der Waals surface area (Å²) in [6.07, 6.45) is 4.64. The van der Waals surface area contributed by atoms with Gasteiger partial charge in [0.25, 0.3) is 0 Å². The molecule has 1 aromatic carbocycles. The van der Waals surface area contributed by atoms with E-state index in [4.69, 9.17) is 4.74 Å². The molecule has 3 heterocycles. The Morgan fingerprint density at radius 2 is 2.03 bits per heavy atom. The third-order valence-corrected chi connectivity index (χ3v) is 6.24. The molecule has 2 aromatic rings. The highest BCUT2D eigenvalue weighted by atomic mass is 19.1. The molecule has 3 aliphatic rings. The zero-order valence-electron chi connectivity index (χ0n) is 17.2. The molecule has 0 unspecified atom stereocenters. The van der Waals surface area contributed by atoms with Crippen LogP contribution < -0.4 is 9.64 Å². The zero-order chi connectivity index (χ0) is 20.2. The maximum atomic E-state index is 14.5. The van der Waals surface area contributed by atoms with E-state index >= 15 is 0 Å². The number of aromatic nitrogens is 2. The second-order valence-corrected chi connectivity index (χ2v) is 8.77. The van der Waals surface area contributed by atoms with E-state index in [2.05, 4.69) is 38.9 Å². The summed E-state index contributed by atoms with van der Waals surface area (Å²) in [5.41, 5.74) is 3.11. The van der Waals surface area contributed by atoms with Crippen molar-refractivity contribution in [2.45, 2.75) is 44.4 Å². The Kier molecular flexibility index (Phi) is 4.31. The quantitative estimate of drug-likeness (QED) is 0.779. The Hall–Kier alpha value is -2.54. The summed E-state index contributed by atoms with van der Waals surface area (Å²) in [5, 5.41) is 0. The van der Waals surface area contributed by atoms with Gasteiger partial charge in [-0.1, -0.05) is 0 Å². The van der Waals surface area contributed by atoms with Gasteiger partial charge < -0.3 is 14.5 Å². The molecule has 1 atom stereocenters. The highest BCUT2D eigenvalue weighted by molar-refractivity contribution is 6.14. The molecule has 0 radical (unpaired) electrons. The van der Waals surface area contributed by atoms with Gasteiger partial charge >= 0.3 is 0 Å². The third kappa shape index (κ3) is 3.48. The molecule has 1 aliphatic carbocycles. The topological polar surface area (TPSA) is 53.9 Å². The number of hydrogen-bond acceptors (Lipinski definition) is 6. The number of rotatable bonds is 5. The predicted octanol–water partition coefficient (Wildman–Crippen LogP) is 3.04. The molecule has 5 rings (SSSR count). The van der Waals surface area contributed by atoms with Crippen molar-refractivity contribution in [2.24, 2.45) is 4.99 Å². The van der Waals surface area contributed by atoms with E-state index in [0.717, 1.165) is 60.7 Å². The number of benzene rings is 1. The van der Waals surface area contributed by atoms with Gasteiger partial charge in [0.1, 0.15) is 17.7 Å². The maximum absolute atomic E-state index is 14.5. The molecule has 2 aliphatic heterocycles. The second-order valence-electron chi connectivity index (χ2n) is 8.77. The van der Waals surface area contributed by atoms with Crippen LogP contribution in [0.15, 0.2) is 29.5 Å². The Morgan fingerprint density at radius 1 is 1.21 bits per heavy atom. The van der Waals surface area contributed by atoms with E-state index in [1.54, 1.807) is 18.5 Å². The lowest BCUT2D eigenvalue weighted by Gasteiger charge is -2.21. The first-order chi connectivity index (χ1) is 13.9. The molecule has 0 N–H and O–H groups in total. The van der Waals surface area contributed by atoms with Crippen LogP contribution in [0.25, 0.3) is 0 Å². The molecule has 6 nitrogen and oxygen atoms in total. The van der Waals surface area contributed by atoms with Gasteiger partial charge in [-0.3, -0.25) is 4.99 Å². The van der Waals surface area contributed by atoms with E-state index in [-0.39, 0.29) is 11.4 Å². The van der Waals surface area contributed by atoms with E-state index < -0.39 is 0 Å². The summed E-state index contributed by atoms with van der Waals surface area (Å²) in [4.78, 5) is 18.2. The average Bonchev–Trinajstić information content (AvgIpc) is 3.11.